The molecule has 1 unspecified atom stereocenters. The van der Waals surface area contributed by atoms with E-state index in [2.05, 4.69) is 10.2 Å². The van der Waals surface area contributed by atoms with E-state index >= 15 is 0 Å². The van der Waals surface area contributed by atoms with Crippen molar-refractivity contribution in [1.82, 2.24) is 10.2 Å². The molecule has 0 radical (unpaired) electrons. The molecule has 0 saturated carbocycles. The summed E-state index contributed by atoms with van der Waals surface area (Å²) in [6.45, 7) is 2.00. The predicted molar refractivity (Wildman–Crippen MR) is 66.3 cm³/mol. The zero-order valence-corrected chi connectivity index (χ0v) is 11.3. The van der Waals surface area contributed by atoms with Gasteiger partial charge in [0.25, 0.3) is 0 Å². The van der Waals surface area contributed by atoms with Crippen LogP contribution in [0.2, 0.25) is 5.15 Å². The summed E-state index contributed by atoms with van der Waals surface area (Å²) in [7, 11) is 0. The zero-order chi connectivity index (χ0) is 14.3. The number of halogens is 4. The molecule has 0 aliphatic rings. The van der Waals surface area contributed by atoms with Gasteiger partial charge in [0, 0.05) is 6.07 Å². The second kappa shape index (κ2) is 7.53. The minimum absolute atomic E-state index is 0.0756. The summed E-state index contributed by atoms with van der Waals surface area (Å²) in [5, 5.41) is 7.03. The summed E-state index contributed by atoms with van der Waals surface area (Å²) in [6, 6.07) is 2.62. The zero-order valence-electron chi connectivity index (χ0n) is 10.6. The van der Waals surface area contributed by atoms with Crippen molar-refractivity contribution in [2.24, 2.45) is 0 Å². The Morgan fingerprint density at radius 3 is 2.47 bits per heavy atom. The second-order valence-corrected chi connectivity index (χ2v) is 4.58. The van der Waals surface area contributed by atoms with Gasteiger partial charge in [-0.1, -0.05) is 37.8 Å². The summed E-state index contributed by atoms with van der Waals surface area (Å²) in [5.41, 5.74) is 0. The van der Waals surface area contributed by atoms with Crippen molar-refractivity contribution in [2.75, 3.05) is 0 Å². The first kappa shape index (κ1) is 16.0. The molecule has 1 atom stereocenters. The predicted octanol–water partition coefficient (Wildman–Crippen LogP) is 4.41. The van der Waals surface area contributed by atoms with E-state index in [-0.39, 0.29) is 17.5 Å². The molecular weight excluding hydrogens is 281 g/mol. The van der Waals surface area contributed by atoms with Gasteiger partial charge in [0.15, 0.2) is 11.3 Å². The summed E-state index contributed by atoms with van der Waals surface area (Å²) < 4.78 is 43.2. The van der Waals surface area contributed by atoms with Gasteiger partial charge >= 0.3 is 6.18 Å². The highest BCUT2D eigenvalue weighted by atomic mass is 35.5. The van der Waals surface area contributed by atoms with Gasteiger partial charge in [-0.05, 0) is 18.9 Å². The van der Waals surface area contributed by atoms with Crippen molar-refractivity contribution in [2.45, 2.75) is 51.3 Å². The van der Waals surface area contributed by atoms with Crippen molar-refractivity contribution in [3.05, 3.63) is 17.3 Å². The fourth-order valence-electron chi connectivity index (χ4n) is 1.56. The van der Waals surface area contributed by atoms with Gasteiger partial charge in [0.1, 0.15) is 0 Å². The minimum Gasteiger partial charge on any atom is -0.464 e. The summed E-state index contributed by atoms with van der Waals surface area (Å²) in [4.78, 5) is 0. The smallest absolute Gasteiger partial charge is 0.425 e. The Labute approximate surface area is 115 Å². The molecule has 1 heterocycles. The van der Waals surface area contributed by atoms with Gasteiger partial charge in [0.05, 0.1) is 0 Å². The lowest BCUT2D eigenvalue weighted by Crippen LogP contribution is -2.34. The van der Waals surface area contributed by atoms with Crippen LogP contribution in [0.25, 0.3) is 0 Å². The molecular formula is C12H16ClF3N2O. The monoisotopic (exact) mass is 296 g/mol. The number of aromatic nitrogens is 2. The van der Waals surface area contributed by atoms with Crippen LogP contribution in [-0.4, -0.2) is 22.5 Å². The molecule has 0 amide bonds. The van der Waals surface area contributed by atoms with Crippen LogP contribution in [0.3, 0.4) is 0 Å². The first-order valence-electron chi connectivity index (χ1n) is 6.16. The molecule has 0 aliphatic heterocycles. The lowest BCUT2D eigenvalue weighted by atomic mass is 10.1. The maximum atomic E-state index is 12.8. The number of hydrogen-bond acceptors (Lipinski definition) is 3. The first-order valence-corrected chi connectivity index (χ1v) is 6.54. The Hall–Kier alpha value is -1.04. The summed E-state index contributed by atoms with van der Waals surface area (Å²) >= 11 is 5.51. The van der Waals surface area contributed by atoms with E-state index in [1.165, 1.54) is 12.1 Å². The molecule has 1 aromatic rings. The molecule has 0 aliphatic carbocycles. The van der Waals surface area contributed by atoms with Crippen LogP contribution in [0, 0.1) is 0 Å². The normalized spacial score (nSPS) is 13.3. The molecule has 0 fully saturated rings. The largest absolute Gasteiger partial charge is 0.464 e. The fraction of sp³-hybridized carbons (Fsp3) is 0.667. The standard InChI is InChI=1S/C12H16ClF3N2O/c1-2-3-4-5-6-9(12(14,15)16)19-11-8-7-10(13)17-18-11/h7-9H,2-6H2,1H3. The molecule has 7 heteroatoms. The van der Waals surface area contributed by atoms with Crippen molar-refractivity contribution in [3.8, 4) is 5.88 Å². The van der Waals surface area contributed by atoms with Crippen LogP contribution in [0.4, 0.5) is 13.2 Å². The van der Waals surface area contributed by atoms with E-state index in [1.807, 2.05) is 6.92 Å². The number of hydrogen-bond donors (Lipinski definition) is 0. The second-order valence-electron chi connectivity index (χ2n) is 4.19. The highest BCUT2D eigenvalue weighted by Gasteiger charge is 2.41. The maximum Gasteiger partial charge on any atom is 0.425 e. The fourth-order valence-corrected chi connectivity index (χ4v) is 1.66. The lowest BCUT2D eigenvalue weighted by Gasteiger charge is -2.20. The van der Waals surface area contributed by atoms with Gasteiger partial charge in [-0.2, -0.15) is 13.2 Å². The van der Waals surface area contributed by atoms with Gasteiger partial charge in [0.2, 0.25) is 5.88 Å². The van der Waals surface area contributed by atoms with Crippen LogP contribution in [0.1, 0.15) is 39.0 Å². The molecule has 0 saturated heterocycles. The van der Waals surface area contributed by atoms with Crippen LogP contribution < -0.4 is 4.74 Å². The minimum atomic E-state index is -4.41. The molecule has 19 heavy (non-hydrogen) atoms. The van der Waals surface area contributed by atoms with Crippen LogP contribution >= 0.6 is 11.6 Å². The van der Waals surface area contributed by atoms with Gasteiger partial charge < -0.3 is 4.74 Å². The SMILES string of the molecule is CCCCCCC(Oc1ccc(Cl)nn1)C(F)(F)F. The molecule has 0 spiro atoms. The van der Waals surface area contributed by atoms with Gasteiger partial charge in [-0.15, -0.1) is 10.2 Å². The third-order valence-electron chi connectivity index (χ3n) is 2.56. The van der Waals surface area contributed by atoms with Crippen LogP contribution in [0.15, 0.2) is 12.1 Å². The van der Waals surface area contributed by atoms with E-state index in [0.717, 1.165) is 19.3 Å². The Balaban J connectivity index is 2.57. The number of unbranched alkanes of at least 4 members (excludes halogenated alkanes) is 3. The Kier molecular flexibility index (Phi) is 6.34. The lowest BCUT2D eigenvalue weighted by molar-refractivity contribution is -0.197. The van der Waals surface area contributed by atoms with Gasteiger partial charge in [-0.25, -0.2) is 0 Å². The highest BCUT2D eigenvalue weighted by Crippen LogP contribution is 2.28. The Morgan fingerprint density at radius 2 is 1.95 bits per heavy atom. The molecule has 0 aromatic carbocycles. The molecule has 0 N–H and O–H groups in total. The molecule has 1 rings (SSSR count). The quantitative estimate of drug-likeness (QED) is 0.699. The third kappa shape index (κ3) is 6.09. The molecule has 3 nitrogen and oxygen atoms in total. The maximum absolute atomic E-state index is 12.8. The van der Waals surface area contributed by atoms with Crippen molar-refractivity contribution < 1.29 is 17.9 Å². The van der Waals surface area contributed by atoms with Crippen LogP contribution in [-0.2, 0) is 0 Å². The first-order chi connectivity index (χ1) is 8.93. The van der Waals surface area contributed by atoms with Gasteiger partial charge in [-0.3, -0.25) is 0 Å². The van der Waals surface area contributed by atoms with Crippen molar-refractivity contribution in [3.63, 3.8) is 0 Å². The van der Waals surface area contributed by atoms with E-state index in [0.29, 0.717) is 6.42 Å². The highest BCUT2D eigenvalue weighted by molar-refractivity contribution is 6.29. The van der Waals surface area contributed by atoms with E-state index in [9.17, 15) is 13.2 Å². The average molecular weight is 297 g/mol. The average Bonchev–Trinajstić information content (AvgIpc) is 2.34. The van der Waals surface area contributed by atoms with Crippen LogP contribution in [0.5, 0.6) is 5.88 Å². The number of alkyl halides is 3. The Bertz CT molecular complexity index is 370. The molecule has 108 valence electrons. The third-order valence-corrected chi connectivity index (χ3v) is 2.76. The topological polar surface area (TPSA) is 35.0 Å². The van der Waals surface area contributed by atoms with E-state index in [4.69, 9.17) is 16.3 Å². The number of ether oxygens (including phenoxy) is 1. The number of rotatable bonds is 7. The molecule has 1 aromatic heterocycles. The summed E-state index contributed by atoms with van der Waals surface area (Å²) in [6.07, 6.45) is -3.20. The number of nitrogens with zero attached hydrogens (tertiary/aromatic N) is 2. The summed E-state index contributed by atoms with van der Waals surface area (Å²) in [5.74, 6) is -0.165. The molecule has 0 bridgehead atoms. The van der Waals surface area contributed by atoms with Crippen molar-refractivity contribution in [1.29, 1.82) is 0 Å². The van der Waals surface area contributed by atoms with E-state index < -0.39 is 12.3 Å². The van der Waals surface area contributed by atoms with E-state index in [1.54, 1.807) is 0 Å². The van der Waals surface area contributed by atoms with Crippen molar-refractivity contribution >= 4 is 11.6 Å². The Morgan fingerprint density at radius 1 is 1.21 bits per heavy atom.